The Labute approximate surface area is 108 Å². The van der Waals surface area contributed by atoms with Crippen molar-refractivity contribution < 1.29 is 4.74 Å². The Balaban J connectivity index is 1.86. The molecule has 2 N–H and O–H groups in total. The van der Waals surface area contributed by atoms with E-state index in [9.17, 15) is 0 Å². The number of methoxy groups -OCH3 is 1. The van der Waals surface area contributed by atoms with Crippen LogP contribution in [0.2, 0.25) is 0 Å². The van der Waals surface area contributed by atoms with E-state index in [0.717, 1.165) is 30.7 Å². The van der Waals surface area contributed by atoms with E-state index in [0.29, 0.717) is 0 Å². The van der Waals surface area contributed by atoms with Gasteiger partial charge in [-0.1, -0.05) is 30.3 Å². The van der Waals surface area contributed by atoms with Gasteiger partial charge in [0.05, 0.1) is 7.11 Å². The van der Waals surface area contributed by atoms with Gasteiger partial charge < -0.3 is 10.5 Å². The molecule has 2 rings (SSSR count). The monoisotopic (exact) mass is 241 g/mol. The van der Waals surface area contributed by atoms with Crippen LogP contribution in [0.4, 0.5) is 5.69 Å². The van der Waals surface area contributed by atoms with E-state index in [1.165, 1.54) is 11.1 Å². The summed E-state index contributed by atoms with van der Waals surface area (Å²) in [6.45, 7) is 0. The lowest BCUT2D eigenvalue weighted by Gasteiger charge is -2.06. The van der Waals surface area contributed by atoms with Crippen molar-refractivity contribution in [3.8, 4) is 5.75 Å². The van der Waals surface area contributed by atoms with Gasteiger partial charge in [0, 0.05) is 5.69 Å². The summed E-state index contributed by atoms with van der Waals surface area (Å²) in [5, 5.41) is 0. The maximum absolute atomic E-state index is 5.92. The fourth-order valence-corrected chi connectivity index (χ4v) is 2.04. The predicted molar refractivity (Wildman–Crippen MR) is 75.9 cm³/mol. The Hall–Kier alpha value is -1.96. The average molecular weight is 241 g/mol. The van der Waals surface area contributed by atoms with Crippen LogP contribution < -0.4 is 10.5 Å². The number of nitrogen functional groups attached to an aromatic ring is 1. The van der Waals surface area contributed by atoms with Crippen molar-refractivity contribution in [2.75, 3.05) is 12.8 Å². The van der Waals surface area contributed by atoms with Crippen LogP contribution in [0.25, 0.3) is 0 Å². The van der Waals surface area contributed by atoms with Crippen LogP contribution in [0.5, 0.6) is 5.75 Å². The number of hydrogen-bond donors (Lipinski definition) is 1. The minimum atomic E-state index is 0.896. The first-order chi connectivity index (χ1) is 8.79. The molecule has 2 heteroatoms. The van der Waals surface area contributed by atoms with Crippen molar-refractivity contribution in [1.29, 1.82) is 0 Å². The summed E-state index contributed by atoms with van der Waals surface area (Å²) in [5.41, 5.74) is 9.40. The SMILES string of the molecule is COc1ccc(CCCc2ccccc2N)cc1. The lowest BCUT2D eigenvalue weighted by molar-refractivity contribution is 0.414. The molecule has 0 aliphatic rings. The molecule has 2 aromatic rings. The van der Waals surface area contributed by atoms with Gasteiger partial charge in [0.15, 0.2) is 0 Å². The third-order valence-corrected chi connectivity index (χ3v) is 3.13. The second kappa shape index (κ2) is 6.10. The highest BCUT2D eigenvalue weighted by molar-refractivity contribution is 5.46. The zero-order valence-electron chi connectivity index (χ0n) is 10.7. The van der Waals surface area contributed by atoms with E-state index < -0.39 is 0 Å². The zero-order valence-corrected chi connectivity index (χ0v) is 10.7. The number of benzene rings is 2. The first-order valence-electron chi connectivity index (χ1n) is 6.26. The van der Waals surface area contributed by atoms with Crippen molar-refractivity contribution >= 4 is 5.69 Å². The highest BCUT2D eigenvalue weighted by Gasteiger charge is 1.99. The van der Waals surface area contributed by atoms with Gasteiger partial charge >= 0.3 is 0 Å². The van der Waals surface area contributed by atoms with Gasteiger partial charge in [-0.15, -0.1) is 0 Å². The molecule has 0 bridgehead atoms. The third-order valence-electron chi connectivity index (χ3n) is 3.13. The molecular formula is C16H19NO. The number of ether oxygens (including phenoxy) is 1. The minimum absolute atomic E-state index is 0.896. The molecule has 0 saturated heterocycles. The number of hydrogen-bond acceptors (Lipinski definition) is 2. The van der Waals surface area contributed by atoms with Crippen molar-refractivity contribution in [2.24, 2.45) is 0 Å². The van der Waals surface area contributed by atoms with Gasteiger partial charge in [-0.3, -0.25) is 0 Å². The molecule has 0 aliphatic carbocycles. The maximum Gasteiger partial charge on any atom is 0.118 e. The van der Waals surface area contributed by atoms with Crippen molar-refractivity contribution in [3.05, 3.63) is 59.7 Å². The molecule has 0 amide bonds. The van der Waals surface area contributed by atoms with E-state index in [4.69, 9.17) is 10.5 Å². The molecule has 0 radical (unpaired) electrons. The molecule has 94 valence electrons. The van der Waals surface area contributed by atoms with E-state index in [1.54, 1.807) is 7.11 Å². The standard InChI is InChI=1S/C16H19NO/c1-18-15-11-9-13(10-12-15)5-4-7-14-6-2-3-8-16(14)17/h2-3,6,8-12H,4-5,7,17H2,1H3. The highest BCUT2D eigenvalue weighted by atomic mass is 16.5. The number of rotatable bonds is 5. The Bertz CT molecular complexity index is 491. The summed E-state index contributed by atoms with van der Waals surface area (Å²) >= 11 is 0. The molecule has 0 aromatic heterocycles. The second-order valence-corrected chi connectivity index (χ2v) is 4.40. The fraction of sp³-hybridized carbons (Fsp3) is 0.250. The molecule has 0 aliphatic heterocycles. The smallest absolute Gasteiger partial charge is 0.118 e. The number of aryl methyl sites for hydroxylation is 2. The lowest BCUT2D eigenvalue weighted by atomic mass is 10.0. The maximum atomic E-state index is 5.92. The second-order valence-electron chi connectivity index (χ2n) is 4.40. The summed E-state index contributed by atoms with van der Waals surface area (Å²) in [7, 11) is 1.69. The van der Waals surface area contributed by atoms with E-state index in [-0.39, 0.29) is 0 Å². The number of nitrogens with two attached hydrogens (primary N) is 1. The summed E-state index contributed by atoms with van der Waals surface area (Å²) < 4.78 is 5.14. The van der Waals surface area contributed by atoms with Gasteiger partial charge in [-0.2, -0.15) is 0 Å². The summed E-state index contributed by atoms with van der Waals surface area (Å²) in [4.78, 5) is 0. The Morgan fingerprint density at radius 1 is 0.944 bits per heavy atom. The van der Waals surface area contributed by atoms with Crippen LogP contribution >= 0.6 is 0 Å². The van der Waals surface area contributed by atoms with Crippen LogP contribution in [-0.4, -0.2) is 7.11 Å². The molecule has 2 nitrogen and oxygen atoms in total. The van der Waals surface area contributed by atoms with Gasteiger partial charge in [-0.05, 0) is 48.6 Å². The molecule has 0 unspecified atom stereocenters. The molecular weight excluding hydrogens is 222 g/mol. The third kappa shape index (κ3) is 3.27. The average Bonchev–Trinajstić information content (AvgIpc) is 2.42. The van der Waals surface area contributed by atoms with Gasteiger partial charge in [0.1, 0.15) is 5.75 Å². The summed E-state index contributed by atoms with van der Waals surface area (Å²) in [6.07, 6.45) is 3.21. The van der Waals surface area contributed by atoms with Crippen molar-refractivity contribution in [3.63, 3.8) is 0 Å². The number of para-hydroxylation sites is 1. The van der Waals surface area contributed by atoms with Gasteiger partial charge in [0.2, 0.25) is 0 Å². The minimum Gasteiger partial charge on any atom is -0.497 e. The normalized spacial score (nSPS) is 10.3. The fourth-order valence-electron chi connectivity index (χ4n) is 2.04. The highest BCUT2D eigenvalue weighted by Crippen LogP contribution is 2.16. The molecule has 2 aromatic carbocycles. The molecule has 0 fully saturated rings. The largest absolute Gasteiger partial charge is 0.497 e. The van der Waals surface area contributed by atoms with Crippen LogP contribution in [0.15, 0.2) is 48.5 Å². The lowest BCUT2D eigenvalue weighted by Crippen LogP contribution is -1.95. The quantitative estimate of drug-likeness (QED) is 0.814. The topological polar surface area (TPSA) is 35.2 Å². The molecule has 0 heterocycles. The molecule has 0 atom stereocenters. The first-order valence-corrected chi connectivity index (χ1v) is 6.26. The van der Waals surface area contributed by atoms with Crippen molar-refractivity contribution in [1.82, 2.24) is 0 Å². The van der Waals surface area contributed by atoms with Crippen molar-refractivity contribution in [2.45, 2.75) is 19.3 Å². The molecule has 0 saturated carbocycles. The Morgan fingerprint density at radius 3 is 2.33 bits per heavy atom. The summed E-state index contributed by atoms with van der Waals surface area (Å²) in [6, 6.07) is 16.3. The molecule has 0 spiro atoms. The summed E-state index contributed by atoms with van der Waals surface area (Å²) in [5.74, 6) is 0.908. The van der Waals surface area contributed by atoms with Crippen LogP contribution in [0, 0.1) is 0 Å². The van der Waals surface area contributed by atoms with E-state index in [1.807, 2.05) is 30.3 Å². The number of anilines is 1. The molecule has 18 heavy (non-hydrogen) atoms. The van der Waals surface area contributed by atoms with Gasteiger partial charge in [-0.25, -0.2) is 0 Å². The predicted octanol–water partition coefficient (Wildman–Crippen LogP) is 3.45. The van der Waals surface area contributed by atoms with Crippen LogP contribution in [0.3, 0.4) is 0 Å². The van der Waals surface area contributed by atoms with E-state index >= 15 is 0 Å². The van der Waals surface area contributed by atoms with Gasteiger partial charge in [0.25, 0.3) is 0 Å². The zero-order chi connectivity index (χ0) is 12.8. The first kappa shape index (κ1) is 12.5. The Kier molecular flexibility index (Phi) is 4.24. The van der Waals surface area contributed by atoms with Crippen LogP contribution in [-0.2, 0) is 12.8 Å². The van der Waals surface area contributed by atoms with Crippen LogP contribution in [0.1, 0.15) is 17.5 Å². The Morgan fingerprint density at radius 2 is 1.67 bits per heavy atom. The van der Waals surface area contributed by atoms with E-state index in [2.05, 4.69) is 18.2 Å².